The summed E-state index contributed by atoms with van der Waals surface area (Å²) in [5.74, 6) is 0. The standard InChI is InChI=1S/C62H38N2/c1-2-18-47(19-3-1)63-58-25-7-6-22-51(58)57-37-45(29-33-59(57)63)46-28-31-52-55-32-26-39-12-4-5-21-49(39)62(55)64(60(52)38-46)48-20-9-17-43(35-48)41-15-8-16-42(34-41)44-27-30-50-53-23-10-13-40-14-11-24-54(61(40)53)56(50)36-44/h1-38H. The van der Waals surface area contributed by atoms with E-state index in [9.17, 15) is 0 Å². The number of rotatable bonds is 5. The van der Waals surface area contributed by atoms with Gasteiger partial charge in [0.05, 0.1) is 22.1 Å². The van der Waals surface area contributed by atoms with Crippen LogP contribution in [0.5, 0.6) is 0 Å². The molecule has 0 amide bonds. The van der Waals surface area contributed by atoms with E-state index in [1.165, 1.54) is 126 Å². The van der Waals surface area contributed by atoms with Gasteiger partial charge in [0.2, 0.25) is 0 Å². The second-order valence-electron chi connectivity index (χ2n) is 17.3. The van der Waals surface area contributed by atoms with E-state index in [1.807, 2.05) is 0 Å². The van der Waals surface area contributed by atoms with Crippen LogP contribution in [0.25, 0.3) is 132 Å². The Kier molecular flexibility index (Phi) is 7.43. The monoisotopic (exact) mass is 810 g/mol. The Hall–Kier alpha value is -8.46. The molecule has 2 heterocycles. The first-order valence-corrected chi connectivity index (χ1v) is 22.2. The van der Waals surface area contributed by atoms with Crippen LogP contribution in [-0.4, -0.2) is 9.13 Å². The van der Waals surface area contributed by atoms with Gasteiger partial charge in [-0.3, -0.25) is 0 Å². The Balaban J connectivity index is 0.918. The molecule has 1 aliphatic carbocycles. The van der Waals surface area contributed by atoms with Crippen LogP contribution in [0.4, 0.5) is 0 Å². The van der Waals surface area contributed by atoms with Gasteiger partial charge >= 0.3 is 0 Å². The zero-order chi connectivity index (χ0) is 41.9. The fourth-order valence-corrected chi connectivity index (χ4v) is 10.9. The highest BCUT2D eigenvalue weighted by Gasteiger charge is 2.22. The Morgan fingerprint density at radius 2 is 0.812 bits per heavy atom. The van der Waals surface area contributed by atoms with Crippen molar-refractivity contribution >= 4 is 65.2 Å². The van der Waals surface area contributed by atoms with Crippen molar-refractivity contribution in [2.75, 3.05) is 0 Å². The van der Waals surface area contributed by atoms with E-state index in [4.69, 9.17) is 0 Å². The lowest BCUT2D eigenvalue weighted by Gasteiger charge is -2.13. The number of benzene rings is 11. The number of hydrogen-bond donors (Lipinski definition) is 0. The first-order valence-electron chi connectivity index (χ1n) is 22.2. The molecule has 0 unspecified atom stereocenters. The van der Waals surface area contributed by atoms with Crippen molar-refractivity contribution in [3.8, 4) is 67.0 Å². The van der Waals surface area contributed by atoms with Crippen LogP contribution in [0.15, 0.2) is 231 Å². The predicted octanol–water partition coefficient (Wildman–Crippen LogP) is 16.8. The summed E-state index contributed by atoms with van der Waals surface area (Å²) in [4.78, 5) is 0. The second-order valence-corrected chi connectivity index (χ2v) is 17.3. The molecule has 14 rings (SSSR count). The topological polar surface area (TPSA) is 9.86 Å². The van der Waals surface area contributed by atoms with Crippen molar-refractivity contribution in [1.29, 1.82) is 0 Å². The highest BCUT2D eigenvalue weighted by atomic mass is 15.0. The van der Waals surface area contributed by atoms with E-state index in [0.717, 1.165) is 5.69 Å². The van der Waals surface area contributed by atoms with Gasteiger partial charge in [0, 0.05) is 38.3 Å². The first-order chi connectivity index (χ1) is 31.7. The average molecular weight is 811 g/mol. The molecule has 2 heteroatoms. The van der Waals surface area contributed by atoms with Gasteiger partial charge in [0.1, 0.15) is 0 Å². The molecule has 2 aromatic heterocycles. The van der Waals surface area contributed by atoms with Gasteiger partial charge in [0.25, 0.3) is 0 Å². The summed E-state index contributed by atoms with van der Waals surface area (Å²) in [6.45, 7) is 0. The van der Waals surface area contributed by atoms with Crippen LogP contribution in [0.1, 0.15) is 0 Å². The van der Waals surface area contributed by atoms with Gasteiger partial charge < -0.3 is 9.13 Å². The molecule has 11 aromatic carbocycles. The molecule has 0 atom stereocenters. The molecule has 0 saturated heterocycles. The molecule has 2 nitrogen and oxygen atoms in total. The van der Waals surface area contributed by atoms with Gasteiger partial charge in [-0.2, -0.15) is 0 Å². The Bertz CT molecular complexity index is 4060. The predicted molar refractivity (Wildman–Crippen MR) is 271 cm³/mol. The molecule has 0 spiro atoms. The number of nitrogens with zero attached hydrogens (tertiary/aromatic N) is 2. The maximum atomic E-state index is 2.50. The normalized spacial score (nSPS) is 12.1. The SMILES string of the molecule is c1ccc(-n2c3ccccc3c3cc(-c4ccc5c6ccc7ccccc7c6n(-c6cccc(-c7cccc(-c8ccc9c(c8)-c8cccc%10cccc-9c8%10)c7)c6)c5c4)ccc32)cc1. The van der Waals surface area contributed by atoms with Gasteiger partial charge in [0.15, 0.2) is 0 Å². The third kappa shape index (κ3) is 5.14. The summed E-state index contributed by atoms with van der Waals surface area (Å²) in [5, 5.41) is 10.1. The van der Waals surface area contributed by atoms with Crippen LogP contribution in [-0.2, 0) is 0 Å². The second kappa shape index (κ2) is 13.5. The minimum Gasteiger partial charge on any atom is -0.309 e. The van der Waals surface area contributed by atoms with Gasteiger partial charge in [-0.1, -0.05) is 170 Å². The lowest BCUT2D eigenvalue weighted by Crippen LogP contribution is -1.95. The fraction of sp³-hybridized carbons (Fsp3) is 0. The highest BCUT2D eigenvalue weighted by molar-refractivity contribution is 6.20. The lowest BCUT2D eigenvalue weighted by molar-refractivity contribution is 1.18. The van der Waals surface area contributed by atoms with Crippen LogP contribution in [0.2, 0.25) is 0 Å². The number of aromatic nitrogens is 2. The van der Waals surface area contributed by atoms with Crippen LogP contribution in [0, 0.1) is 0 Å². The van der Waals surface area contributed by atoms with Crippen molar-refractivity contribution in [2.24, 2.45) is 0 Å². The summed E-state index contributed by atoms with van der Waals surface area (Å²) in [6, 6.07) is 85.3. The lowest BCUT2D eigenvalue weighted by atomic mass is 9.95. The van der Waals surface area contributed by atoms with Crippen molar-refractivity contribution in [3.63, 3.8) is 0 Å². The zero-order valence-electron chi connectivity index (χ0n) is 34.8. The molecular weight excluding hydrogens is 773 g/mol. The summed E-state index contributed by atoms with van der Waals surface area (Å²) < 4.78 is 4.89. The van der Waals surface area contributed by atoms with Gasteiger partial charge in [-0.25, -0.2) is 0 Å². The van der Waals surface area contributed by atoms with Crippen LogP contribution < -0.4 is 0 Å². The van der Waals surface area contributed by atoms with Crippen molar-refractivity contribution in [3.05, 3.63) is 231 Å². The van der Waals surface area contributed by atoms with Gasteiger partial charge in [-0.15, -0.1) is 0 Å². The molecule has 0 bridgehead atoms. The molecule has 0 N–H and O–H groups in total. The molecule has 13 aromatic rings. The van der Waals surface area contributed by atoms with E-state index >= 15 is 0 Å². The summed E-state index contributed by atoms with van der Waals surface area (Å²) in [7, 11) is 0. The van der Waals surface area contributed by atoms with Crippen LogP contribution >= 0.6 is 0 Å². The Morgan fingerprint density at radius 3 is 1.67 bits per heavy atom. The molecule has 0 saturated carbocycles. The number of fused-ring (bicyclic) bond motifs is 11. The minimum absolute atomic E-state index is 1.14. The Morgan fingerprint density at radius 1 is 0.234 bits per heavy atom. The third-order valence-electron chi connectivity index (χ3n) is 13.8. The number of hydrogen-bond acceptors (Lipinski definition) is 0. The average Bonchev–Trinajstić information content (AvgIpc) is 4.00. The summed E-state index contributed by atoms with van der Waals surface area (Å²) in [6.07, 6.45) is 0. The van der Waals surface area contributed by atoms with Gasteiger partial charge in [-0.05, 0) is 132 Å². The first kappa shape index (κ1) is 35.2. The van der Waals surface area contributed by atoms with Crippen molar-refractivity contribution in [2.45, 2.75) is 0 Å². The minimum atomic E-state index is 1.14. The van der Waals surface area contributed by atoms with Crippen molar-refractivity contribution < 1.29 is 0 Å². The number of para-hydroxylation sites is 2. The fourth-order valence-electron chi connectivity index (χ4n) is 10.9. The largest absolute Gasteiger partial charge is 0.309 e. The van der Waals surface area contributed by atoms with E-state index in [0.29, 0.717) is 0 Å². The quantitative estimate of drug-likeness (QED) is 0.164. The van der Waals surface area contributed by atoms with Crippen molar-refractivity contribution in [1.82, 2.24) is 9.13 Å². The van der Waals surface area contributed by atoms with E-state index in [1.54, 1.807) is 0 Å². The highest BCUT2D eigenvalue weighted by Crippen LogP contribution is 2.48. The summed E-state index contributed by atoms with van der Waals surface area (Å²) >= 11 is 0. The molecule has 1 aliphatic rings. The van der Waals surface area contributed by atoms with E-state index in [2.05, 4.69) is 240 Å². The molecule has 64 heavy (non-hydrogen) atoms. The van der Waals surface area contributed by atoms with E-state index in [-0.39, 0.29) is 0 Å². The molecule has 0 radical (unpaired) electrons. The third-order valence-corrected chi connectivity index (χ3v) is 13.8. The Labute approximate surface area is 370 Å². The smallest absolute Gasteiger partial charge is 0.0619 e. The molecular formula is C62H38N2. The molecule has 0 aliphatic heterocycles. The maximum absolute atomic E-state index is 2.50. The molecule has 296 valence electrons. The summed E-state index contributed by atoms with van der Waals surface area (Å²) in [5.41, 5.74) is 19.6. The van der Waals surface area contributed by atoms with E-state index < -0.39 is 0 Å². The maximum Gasteiger partial charge on any atom is 0.0619 e. The van der Waals surface area contributed by atoms with Crippen LogP contribution in [0.3, 0.4) is 0 Å². The molecule has 0 fully saturated rings. The zero-order valence-corrected chi connectivity index (χ0v) is 34.8.